The minimum atomic E-state index is 0.543. The first-order valence-electron chi connectivity index (χ1n) is 6.96. The van der Waals surface area contributed by atoms with E-state index in [0.29, 0.717) is 22.9 Å². The molecular weight excluding hydrogens is 284 g/mol. The van der Waals surface area contributed by atoms with E-state index in [2.05, 4.69) is 21.6 Å². The van der Waals surface area contributed by atoms with Crippen molar-refractivity contribution in [1.29, 1.82) is 5.26 Å². The molecule has 0 atom stereocenters. The summed E-state index contributed by atoms with van der Waals surface area (Å²) in [5.74, 6) is 0.543. The zero-order valence-corrected chi connectivity index (χ0v) is 12.9. The molecule has 0 spiro atoms. The summed E-state index contributed by atoms with van der Waals surface area (Å²) in [6.07, 6.45) is 1.56. The zero-order valence-electron chi connectivity index (χ0n) is 12.2. The highest BCUT2D eigenvalue weighted by molar-refractivity contribution is 6.30. The Bertz CT molecular complexity index is 659. The van der Waals surface area contributed by atoms with E-state index in [1.165, 1.54) is 0 Å². The Kier molecular flexibility index (Phi) is 5.13. The summed E-state index contributed by atoms with van der Waals surface area (Å²) < 4.78 is 0. The first kappa shape index (κ1) is 15.3. The number of rotatable bonds is 5. The van der Waals surface area contributed by atoms with Gasteiger partial charge in [0.15, 0.2) is 5.82 Å². The van der Waals surface area contributed by atoms with Gasteiger partial charge in [0, 0.05) is 11.6 Å². The molecule has 0 fully saturated rings. The van der Waals surface area contributed by atoms with Crippen LogP contribution in [0.4, 0.5) is 5.82 Å². The summed E-state index contributed by atoms with van der Waals surface area (Å²) in [5, 5.41) is 21.7. The summed E-state index contributed by atoms with van der Waals surface area (Å²) in [4.78, 5) is 0. The van der Waals surface area contributed by atoms with Crippen molar-refractivity contribution >= 4 is 17.4 Å². The molecule has 5 heteroatoms. The van der Waals surface area contributed by atoms with Crippen molar-refractivity contribution in [2.24, 2.45) is 0 Å². The van der Waals surface area contributed by atoms with Gasteiger partial charge < -0.3 is 5.32 Å². The number of anilines is 1. The molecule has 21 heavy (non-hydrogen) atoms. The maximum atomic E-state index is 9.41. The molecule has 1 N–H and O–H groups in total. The molecule has 1 aromatic heterocycles. The van der Waals surface area contributed by atoms with Crippen LogP contribution in [0.25, 0.3) is 0 Å². The normalized spacial score (nSPS) is 10.2. The quantitative estimate of drug-likeness (QED) is 0.913. The highest BCUT2D eigenvalue weighted by Crippen LogP contribution is 2.20. The minimum absolute atomic E-state index is 0.543. The number of hydrogen-bond donors (Lipinski definition) is 1. The SMILES string of the molecule is CCc1nnc(NCc2ccc(Cl)cc2)c(C#N)c1CC. The number of benzene rings is 1. The fraction of sp³-hybridized carbons (Fsp3) is 0.312. The Morgan fingerprint density at radius 1 is 1.14 bits per heavy atom. The van der Waals surface area contributed by atoms with Crippen molar-refractivity contribution in [3.05, 3.63) is 51.7 Å². The molecule has 0 aliphatic carbocycles. The molecule has 0 amide bonds. The summed E-state index contributed by atoms with van der Waals surface area (Å²) in [7, 11) is 0. The molecule has 0 aliphatic heterocycles. The lowest BCUT2D eigenvalue weighted by Crippen LogP contribution is -2.09. The molecule has 2 rings (SSSR count). The minimum Gasteiger partial charge on any atom is -0.363 e. The molecule has 0 radical (unpaired) electrons. The molecule has 4 nitrogen and oxygen atoms in total. The summed E-state index contributed by atoms with van der Waals surface area (Å²) >= 11 is 5.86. The van der Waals surface area contributed by atoms with Crippen LogP contribution in [0, 0.1) is 11.3 Å². The topological polar surface area (TPSA) is 61.6 Å². The zero-order chi connectivity index (χ0) is 15.2. The van der Waals surface area contributed by atoms with Gasteiger partial charge in [-0.25, -0.2) is 0 Å². The lowest BCUT2D eigenvalue weighted by atomic mass is 10.0. The van der Waals surface area contributed by atoms with Crippen molar-refractivity contribution < 1.29 is 0 Å². The molecular formula is C16H17ClN4. The van der Waals surface area contributed by atoms with Crippen LogP contribution in [-0.2, 0) is 19.4 Å². The van der Waals surface area contributed by atoms with Crippen molar-refractivity contribution in [2.45, 2.75) is 33.2 Å². The van der Waals surface area contributed by atoms with Crippen LogP contribution in [-0.4, -0.2) is 10.2 Å². The highest BCUT2D eigenvalue weighted by atomic mass is 35.5. The van der Waals surface area contributed by atoms with E-state index < -0.39 is 0 Å². The number of nitriles is 1. The second-order valence-corrected chi connectivity index (χ2v) is 5.08. The van der Waals surface area contributed by atoms with Gasteiger partial charge in [-0.2, -0.15) is 10.4 Å². The van der Waals surface area contributed by atoms with E-state index >= 15 is 0 Å². The van der Waals surface area contributed by atoms with Crippen molar-refractivity contribution in [3.63, 3.8) is 0 Å². The van der Waals surface area contributed by atoms with Gasteiger partial charge >= 0.3 is 0 Å². The lowest BCUT2D eigenvalue weighted by molar-refractivity contribution is 0.869. The van der Waals surface area contributed by atoms with Crippen molar-refractivity contribution in [2.75, 3.05) is 5.32 Å². The van der Waals surface area contributed by atoms with E-state index in [1.54, 1.807) is 0 Å². The Hall–Kier alpha value is -2.12. The summed E-state index contributed by atoms with van der Waals surface area (Å²) in [6.45, 7) is 4.63. The summed E-state index contributed by atoms with van der Waals surface area (Å²) in [6, 6.07) is 9.81. The van der Waals surface area contributed by atoms with Crippen LogP contribution in [0.2, 0.25) is 5.02 Å². The lowest BCUT2D eigenvalue weighted by Gasteiger charge is -2.12. The van der Waals surface area contributed by atoms with Crippen molar-refractivity contribution in [3.8, 4) is 6.07 Å². The summed E-state index contributed by atoms with van der Waals surface area (Å²) in [5.41, 5.74) is 3.54. The predicted molar refractivity (Wildman–Crippen MR) is 84.3 cm³/mol. The number of aryl methyl sites for hydroxylation is 1. The van der Waals surface area contributed by atoms with Crippen molar-refractivity contribution in [1.82, 2.24) is 10.2 Å². The Morgan fingerprint density at radius 3 is 2.43 bits per heavy atom. The van der Waals surface area contributed by atoms with Gasteiger partial charge in [-0.15, -0.1) is 5.10 Å². The fourth-order valence-electron chi connectivity index (χ4n) is 2.21. The number of nitrogens with zero attached hydrogens (tertiary/aromatic N) is 3. The number of hydrogen-bond acceptors (Lipinski definition) is 4. The van der Waals surface area contributed by atoms with Gasteiger partial charge in [-0.3, -0.25) is 0 Å². The third kappa shape index (κ3) is 3.50. The molecule has 108 valence electrons. The second-order valence-electron chi connectivity index (χ2n) is 4.65. The number of aromatic nitrogens is 2. The van der Waals surface area contributed by atoms with Crippen LogP contribution in [0.3, 0.4) is 0 Å². The smallest absolute Gasteiger partial charge is 0.167 e. The first-order chi connectivity index (χ1) is 10.2. The molecule has 1 heterocycles. The Morgan fingerprint density at radius 2 is 1.86 bits per heavy atom. The molecule has 0 bridgehead atoms. The van der Waals surface area contributed by atoms with E-state index in [9.17, 15) is 5.26 Å². The van der Waals surface area contributed by atoms with Gasteiger partial charge in [0.1, 0.15) is 11.6 Å². The third-order valence-corrected chi connectivity index (χ3v) is 3.58. The van der Waals surface area contributed by atoms with Gasteiger partial charge in [0.25, 0.3) is 0 Å². The van der Waals surface area contributed by atoms with E-state index in [-0.39, 0.29) is 0 Å². The van der Waals surface area contributed by atoms with Crippen LogP contribution in [0.1, 0.15) is 36.2 Å². The predicted octanol–water partition coefficient (Wildman–Crippen LogP) is 3.74. The average molecular weight is 301 g/mol. The van der Waals surface area contributed by atoms with Gasteiger partial charge in [0.05, 0.1) is 5.69 Å². The molecule has 0 unspecified atom stereocenters. The van der Waals surface area contributed by atoms with Crippen LogP contribution in [0.5, 0.6) is 0 Å². The van der Waals surface area contributed by atoms with E-state index in [1.807, 2.05) is 38.1 Å². The second kappa shape index (κ2) is 7.05. The van der Waals surface area contributed by atoms with E-state index in [4.69, 9.17) is 11.6 Å². The molecule has 1 aromatic carbocycles. The monoisotopic (exact) mass is 300 g/mol. The van der Waals surface area contributed by atoms with Gasteiger partial charge in [0.2, 0.25) is 0 Å². The van der Waals surface area contributed by atoms with Crippen LogP contribution >= 0.6 is 11.6 Å². The molecule has 0 saturated heterocycles. The van der Waals surface area contributed by atoms with Gasteiger partial charge in [-0.1, -0.05) is 37.6 Å². The highest BCUT2D eigenvalue weighted by Gasteiger charge is 2.13. The maximum absolute atomic E-state index is 9.41. The molecule has 0 aliphatic rings. The van der Waals surface area contributed by atoms with Crippen LogP contribution in [0.15, 0.2) is 24.3 Å². The maximum Gasteiger partial charge on any atom is 0.167 e. The molecule has 2 aromatic rings. The fourth-order valence-corrected chi connectivity index (χ4v) is 2.33. The average Bonchev–Trinajstić information content (AvgIpc) is 2.53. The van der Waals surface area contributed by atoms with Gasteiger partial charge in [-0.05, 0) is 36.1 Å². The van der Waals surface area contributed by atoms with E-state index in [0.717, 1.165) is 29.7 Å². The van der Waals surface area contributed by atoms with Crippen LogP contribution < -0.4 is 5.32 Å². The Labute approximate surface area is 129 Å². The number of halogens is 1. The molecule has 0 saturated carbocycles. The standard InChI is InChI=1S/C16H17ClN4/c1-3-13-14(9-18)16(21-20-15(13)4-2)19-10-11-5-7-12(17)8-6-11/h5-8H,3-4,10H2,1-2H3,(H,19,21). The number of nitrogens with one attached hydrogen (secondary N) is 1. The third-order valence-electron chi connectivity index (χ3n) is 3.33. The largest absolute Gasteiger partial charge is 0.363 e. The Balaban J connectivity index is 2.24. The first-order valence-corrected chi connectivity index (χ1v) is 7.34.